The molecule has 136 valence electrons. The standard InChI is InChI=1S/C19H18BrClN2O3/c1-22-19(24)18(23-25-2)16-6-4-3-5-14(16)12-26-15-9-7-13(8-10-15)11-17(20)21/h3-11H,12H2,1-2H3,(H,22,24)/b17-11?,23-18+. The molecule has 0 aliphatic heterocycles. The van der Waals surface area contributed by atoms with E-state index in [0.29, 0.717) is 15.3 Å². The number of carbonyl (C=O) groups excluding carboxylic acids is 1. The van der Waals surface area contributed by atoms with Crippen LogP contribution >= 0.6 is 27.5 Å². The molecule has 26 heavy (non-hydrogen) atoms. The number of halogens is 2. The fraction of sp³-hybridized carbons (Fsp3) is 0.158. The molecule has 0 heterocycles. The van der Waals surface area contributed by atoms with Crippen LogP contribution in [0.1, 0.15) is 16.7 Å². The molecular weight excluding hydrogens is 420 g/mol. The summed E-state index contributed by atoms with van der Waals surface area (Å²) >= 11 is 8.98. The van der Waals surface area contributed by atoms with Gasteiger partial charge in [0.2, 0.25) is 0 Å². The quantitative estimate of drug-likeness (QED) is 0.519. The predicted molar refractivity (Wildman–Crippen MR) is 108 cm³/mol. The van der Waals surface area contributed by atoms with E-state index in [4.69, 9.17) is 21.2 Å². The summed E-state index contributed by atoms with van der Waals surface area (Å²) in [6.45, 7) is 0.282. The van der Waals surface area contributed by atoms with Gasteiger partial charge < -0.3 is 14.9 Å². The average Bonchev–Trinajstić information content (AvgIpc) is 2.65. The first-order valence-electron chi connectivity index (χ1n) is 7.72. The molecule has 2 rings (SSSR count). The number of hydrogen-bond acceptors (Lipinski definition) is 4. The van der Waals surface area contributed by atoms with Crippen LogP contribution in [0.2, 0.25) is 0 Å². The fourth-order valence-corrected chi connectivity index (χ4v) is 2.64. The van der Waals surface area contributed by atoms with E-state index in [2.05, 4.69) is 26.4 Å². The smallest absolute Gasteiger partial charge is 0.273 e. The lowest BCUT2D eigenvalue weighted by molar-refractivity contribution is -0.114. The van der Waals surface area contributed by atoms with E-state index in [1.807, 2.05) is 42.5 Å². The molecular formula is C19H18BrClN2O3. The van der Waals surface area contributed by atoms with Gasteiger partial charge in [0.15, 0.2) is 5.71 Å². The molecule has 0 saturated heterocycles. The van der Waals surface area contributed by atoms with Crippen LogP contribution in [0.3, 0.4) is 0 Å². The number of rotatable bonds is 7. The lowest BCUT2D eigenvalue weighted by Crippen LogP contribution is -2.29. The van der Waals surface area contributed by atoms with Gasteiger partial charge >= 0.3 is 0 Å². The third kappa shape index (κ3) is 5.61. The number of amides is 1. The van der Waals surface area contributed by atoms with Crippen molar-refractivity contribution in [3.8, 4) is 5.75 Å². The third-order valence-electron chi connectivity index (χ3n) is 3.45. The van der Waals surface area contributed by atoms with Gasteiger partial charge in [-0.15, -0.1) is 0 Å². The highest BCUT2D eigenvalue weighted by molar-refractivity contribution is 9.12. The Kier molecular flexibility index (Phi) is 7.69. The predicted octanol–water partition coefficient (Wildman–Crippen LogP) is 4.29. The summed E-state index contributed by atoms with van der Waals surface area (Å²) in [5.41, 5.74) is 2.62. The van der Waals surface area contributed by atoms with Gasteiger partial charge in [-0.1, -0.05) is 53.2 Å². The van der Waals surface area contributed by atoms with Crippen LogP contribution in [0.5, 0.6) is 5.75 Å². The number of likely N-dealkylation sites (N-methyl/N-ethyl adjacent to an activating group) is 1. The van der Waals surface area contributed by atoms with Gasteiger partial charge in [-0.3, -0.25) is 4.79 Å². The average molecular weight is 438 g/mol. The van der Waals surface area contributed by atoms with Gasteiger partial charge in [0.05, 0.1) is 3.94 Å². The molecule has 0 aliphatic carbocycles. The molecule has 2 aromatic rings. The minimum atomic E-state index is -0.331. The van der Waals surface area contributed by atoms with Crippen molar-refractivity contribution in [3.05, 3.63) is 69.2 Å². The Balaban J connectivity index is 2.19. The molecule has 0 atom stereocenters. The molecule has 0 bridgehead atoms. The first-order valence-corrected chi connectivity index (χ1v) is 8.89. The van der Waals surface area contributed by atoms with Gasteiger partial charge in [-0.05, 0) is 45.3 Å². The van der Waals surface area contributed by atoms with Gasteiger partial charge in [0, 0.05) is 12.6 Å². The van der Waals surface area contributed by atoms with Crippen molar-refractivity contribution < 1.29 is 14.4 Å². The Labute approximate surface area is 165 Å². The Morgan fingerprint density at radius 1 is 1.23 bits per heavy atom. The molecule has 5 nitrogen and oxygen atoms in total. The van der Waals surface area contributed by atoms with E-state index in [9.17, 15) is 4.79 Å². The Bertz CT molecular complexity index is 816. The SMILES string of the molecule is CNC(=O)/C(=N/OC)c1ccccc1COc1ccc(C=C(Cl)Br)cc1. The first kappa shape index (κ1) is 20.0. The number of hydrogen-bond donors (Lipinski definition) is 1. The molecule has 1 N–H and O–H groups in total. The van der Waals surface area contributed by atoms with Crippen LogP contribution in [0, 0.1) is 0 Å². The maximum Gasteiger partial charge on any atom is 0.273 e. The second kappa shape index (κ2) is 9.99. The molecule has 2 aromatic carbocycles. The van der Waals surface area contributed by atoms with E-state index >= 15 is 0 Å². The van der Waals surface area contributed by atoms with Crippen LogP contribution in [-0.2, 0) is 16.2 Å². The summed E-state index contributed by atoms with van der Waals surface area (Å²) in [5, 5.41) is 6.41. The monoisotopic (exact) mass is 436 g/mol. The fourth-order valence-electron chi connectivity index (χ4n) is 2.25. The summed E-state index contributed by atoms with van der Waals surface area (Å²) in [6, 6.07) is 14.9. The van der Waals surface area contributed by atoms with Crippen molar-refractivity contribution in [2.24, 2.45) is 5.16 Å². The molecule has 7 heteroatoms. The van der Waals surface area contributed by atoms with Gasteiger partial charge in [-0.25, -0.2) is 0 Å². The van der Waals surface area contributed by atoms with Crippen molar-refractivity contribution >= 4 is 45.2 Å². The van der Waals surface area contributed by atoms with Crippen molar-refractivity contribution in [2.45, 2.75) is 6.61 Å². The molecule has 0 aromatic heterocycles. The van der Waals surface area contributed by atoms with Crippen LogP contribution in [-0.4, -0.2) is 25.8 Å². The minimum absolute atomic E-state index is 0.196. The Morgan fingerprint density at radius 3 is 2.54 bits per heavy atom. The van der Waals surface area contributed by atoms with Crippen molar-refractivity contribution in [3.63, 3.8) is 0 Å². The molecule has 0 fully saturated rings. The topological polar surface area (TPSA) is 59.9 Å². The van der Waals surface area contributed by atoms with Crippen LogP contribution in [0.4, 0.5) is 0 Å². The lowest BCUT2D eigenvalue weighted by Gasteiger charge is -2.12. The summed E-state index contributed by atoms with van der Waals surface area (Å²) in [4.78, 5) is 16.9. The van der Waals surface area contributed by atoms with Crippen LogP contribution < -0.4 is 10.1 Å². The van der Waals surface area contributed by atoms with E-state index in [-0.39, 0.29) is 18.2 Å². The third-order valence-corrected chi connectivity index (χ3v) is 3.79. The van der Waals surface area contributed by atoms with Gasteiger partial charge in [-0.2, -0.15) is 0 Å². The van der Waals surface area contributed by atoms with Crippen molar-refractivity contribution in [1.82, 2.24) is 5.32 Å². The van der Waals surface area contributed by atoms with Gasteiger partial charge in [0.25, 0.3) is 5.91 Å². The molecule has 0 aliphatic rings. The number of oxime groups is 1. The molecule has 0 radical (unpaired) electrons. The molecule has 0 unspecified atom stereocenters. The molecule has 0 spiro atoms. The maximum absolute atomic E-state index is 12.1. The van der Waals surface area contributed by atoms with Crippen molar-refractivity contribution in [2.75, 3.05) is 14.2 Å². The minimum Gasteiger partial charge on any atom is -0.489 e. The van der Waals surface area contributed by atoms with Gasteiger partial charge in [0.1, 0.15) is 19.5 Å². The summed E-state index contributed by atoms with van der Waals surface area (Å²) in [7, 11) is 2.94. The number of carbonyl (C=O) groups is 1. The zero-order valence-corrected chi connectivity index (χ0v) is 16.7. The second-order valence-corrected chi connectivity index (χ2v) is 6.87. The van der Waals surface area contributed by atoms with E-state index in [1.54, 1.807) is 19.2 Å². The highest BCUT2D eigenvalue weighted by Gasteiger charge is 2.17. The van der Waals surface area contributed by atoms with Crippen LogP contribution in [0.15, 0.2) is 57.6 Å². The highest BCUT2D eigenvalue weighted by atomic mass is 79.9. The second-order valence-electron chi connectivity index (χ2n) is 5.15. The Hall–Kier alpha value is -2.31. The van der Waals surface area contributed by atoms with E-state index < -0.39 is 0 Å². The largest absolute Gasteiger partial charge is 0.489 e. The number of nitrogens with zero attached hydrogens (tertiary/aromatic N) is 1. The van der Waals surface area contributed by atoms with Crippen molar-refractivity contribution in [1.29, 1.82) is 0 Å². The zero-order chi connectivity index (χ0) is 18.9. The number of nitrogens with one attached hydrogen (secondary N) is 1. The molecule has 0 saturated carbocycles. The number of ether oxygens (including phenoxy) is 1. The number of benzene rings is 2. The maximum atomic E-state index is 12.1. The Morgan fingerprint density at radius 2 is 1.92 bits per heavy atom. The zero-order valence-electron chi connectivity index (χ0n) is 14.3. The van der Waals surface area contributed by atoms with E-state index in [1.165, 1.54) is 7.11 Å². The lowest BCUT2D eigenvalue weighted by atomic mass is 10.0. The summed E-state index contributed by atoms with van der Waals surface area (Å²) in [5.74, 6) is 0.370. The first-order chi connectivity index (χ1) is 12.5. The summed E-state index contributed by atoms with van der Waals surface area (Å²) in [6.07, 6.45) is 1.79. The van der Waals surface area contributed by atoms with Crippen LogP contribution in [0.25, 0.3) is 6.08 Å². The van der Waals surface area contributed by atoms with E-state index in [0.717, 1.165) is 11.1 Å². The normalized spacial score (nSPS) is 11.8. The highest BCUT2D eigenvalue weighted by Crippen LogP contribution is 2.20. The molecule has 1 amide bonds. The summed E-state index contributed by atoms with van der Waals surface area (Å²) < 4.78 is 6.37.